The number of carbonyl (C=O) groups is 1. The molecule has 0 unspecified atom stereocenters. The van der Waals surface area contributed by atoms with Crippen molar-refractivity contribution in [3.05, 3.63) is 87.9 Å². The number of carbonyl (C=O) groups excluding carboxylic acids is 1. The number of hydrogen-bond donors (Lipinski definition) is 1. The Morgan fingerprint density at radius 1 is 1.03 bits per heavy atom. The van der Waals surface area contributed by atoms with E-state index in [9.17, 15) is 13.2 Å². The van der Waals surface area contributed by atoms with E-state index in [1.54, 1.807) is 18.2 Å². The number of nitrogens with zero attached hydrogens (tertiary/aromatic N) is 1. The number of halogens is 1. The fourth-order valence-electron chi connectivity index (χ4n) is 3.40. The molecule has 0 aliphatic carbocycles. The summed E-state index contributed by atoms with van der Waals surface area (Å²) < 4.78 is 28.6. The molecule has 1 amide bonds. The third-order valence-electron chi connectivity index (χ3n) is 4.90. The lowest BCUT2D eigenvalue weighted by molar-refractivity contribution is 0.102. The maximum atomic E-state index is 13.2. The van der Waals surface area contributed by atoms with E-state index >= 15 is 0 Å². The van der Waals surface area contributed by atoms with Gasteiger partial charge in [0.15, 0.2) is 0 Å². The van der Waals surface area contributed by atoms with Crippen LogP contribution in [0.1, 0.15) is 21.5 Å². The summed E-state index contributed by atoms with van der Waals surface area (Å²) in [7, 11) is -3.75. The second-order valence-electron chi connectivity index (χ2n) is 6.92. The number of amides is 1. The topological polar surface area (TPSA) is 66.5 Å². The van der Waals surface area contributed by atoms with E-state index in [4.69, 9.17) is 0 Å². The highest BCUT2D eigenvalue weighted by molar-refractivity contribution is 9.10. The summed E-state index contributed by atoms with van der Waals surface area (Å²) in [5.41, 5.74) is 3.68. The first-order valence-electron chi connectivity index (χ1n) is 9.14. The molecule has 0 atom stereocenters. The Morgan fingerprint density at radius 2 is 1.83 bits per heavy atom. The Balaban J connectivity index is 1.62. The molecule has 1 aliphatic heterocycles. The molecule has 5 nitrogen and oxygen atoms in total. The van der Waals surface area contributed by atoms with Crippen molar-refractivity contribution in [3.63, 3.8) is 0 Å². The number of sulfonamides is 1. The van der Waals surface area contributed by atoms with Gasteiger partial charge in [0.2, 0.25) is 0 Å². The van der Waals surface area contributed by atoms with Crippen molar-refractivity contribution in [2.45, 2.75) is 18.2 Å². The van der Waals surface area contributed by atoms with Gasteiger partial charge in [-0.15, -0.1) is 0 Å². The zero-order chi connectivity index (χ0) is 20.6. The van der Waals surface area contributed by atoms with Crippen LogP contribution >= 0.6 is 15.9 Å². The highest BCUT2D eigenvalue weighted by Gasteiger charge is 2.30. The highest BCUT2D eigenvalue weighted by Crippen LogP contribution is 2.33. The summed E-state index contributed by atoms with van der Waals surface area (Å²) >= 11 is 3.44. The van der Waals surface area contributed by atoms with Crippen molar-refractivity contribution in [1.29, 1.82) is 0 Å². The normalized spacial score (nSPS) is 13.2. The molecule has 7 heteroatoms. The quantitative estimate of drug-likeness (QED) is 0.597. The third kappa shape index (κ3) is 3.80. The van der Waals surface area contributed by atoms with Crippen LogP contribution in [0.4, 0.5) is 11.4 Å². The monoisotopic (exact) mass is 470 g/mol. The first-order chi connectivity index (χ1) is 13.9. The molecule has 3 aromatic carbocycles. The molecule has 0 saturated carbocycles. The summed E-state index contributed by atoms with van der Waals surface area (Å²) in [4.78, 5) is 12.8. The van der Waals surface area contributed by atoms with Crippen LogP contribution in [-0.2, 0) is 16.4 Å². The molecule has 148 valence electrons. The van der Waals surface area contributed by atoms with Crippen LogP contribution in [-0.4, -0.2) is 20.9 Å². The van der Waals surface area contributed by atoms with Gasteiger partial charge in [0.25, 0.3) is 15.9 Å². The minimum absolute atomic E-state index is 0.102. The zero-order valence-electron chi connectivity index (χ0n) is 15.7. The van der Waals surface area contributed by atoms with Gasteiger partial charge in [-0.25, -0.2) is 8.42 Å². The van der Waals surface area contributed by atoms with Gasteiger partial charge in [-0.1, -0.05) is 30.3 Å². The Hall–Kier alpha value is -2.64. The number of nitrogens with one attached hydrogen (secondary N) is 1. The summed E-state index contributed by atoms with van der Waals surface area (Å²) in [5, 5.41) is 2.82. The lowest BCUT2D eigenvalue weighted by Crippen LogP contribution is -2.29. The van der Waals surface area contributed by atoms with Crippen LogP contribution in [0.2, 0.25) is 0 Å². The average molecular weight is 471 g/mol. The van der Waals surface area contributed by atoms with E-state index in [2.05, 4.69) is 21.2 Å². The lowest BCUT2D eigenvalue weighted by atomic mass is 10.2. The van der Waals surface area contributed by atoms with Crippen molar-refractivity contribution < 1.29 is 13.2 Å². The number of benzene rings is 3. The van der Waals surface area contributed by atoms with Crippen LogP contribution < -0.4 is 9.62 Å². The van der Waals surface area contributed by atoms with Gasteiger partial charge in [0, 0.05) is 16.6 Å². The van der Waals surface area contributed by atoms with Crippen molar-refractivity contribution in [3.8, 4) is 0 Å². The second-order valence-corrected chi connectivity index (χ2v) is 9.64. The zero-order valence-corrected chi connectivity index (χ0v) is 18.1. The van der Waals surface area contributed by atoms with E-state index in [1.807, 2.05) is 43.3 Å². The van der Waals surface area contributed by atoms with Gasteiger partial charge in [0.05, 0.1) is 16.3 Å². The first-order valence-corrected chi connectivity index (χ1v) is 11.4. The molecule has 0 radical (unpaired) electrons. The Kier molecular flexibility index (Phi) is 5.19. The van der Waals surface area contributed by atoms with Crippen molar-refractivity contribution >= 4 is 43.2 Å². The molecule has 1 aliphatic rings. The van der Waals surface area contributed by atoms with Crippen molar-refractivity contribution in [2.75, 3.05) is 16.2 Å². The Labute approximate surface area is 178 Å². The molecule has 0 spiro atoms. The van der Waals surface area contributed by atoms with Crippen LogP contribution in [0.15, 0.2) is 76.1 Å². The minimum atomic E-state index is -3.75. The second kappa shape index (κ2) is 7.65. The fraction of sp³-hybridized carbons (Fsp3) is 0.136. The van der Waals surface area contributed by atoms with Gasteiger partial charge in [-0.3, -0.25) is 9.10 Å². The van der Waals surface area contributed by atoms with E-state index in [1.165, 1.54) is 16.4 Å². The van der Waals surface area contributed by atoms with Gasteiger partial charge in [0.1, 0.15) is 0 Å². The number of para-hydroxylation sites is 1. The minimum Gasteiger partial charge on any atom is -0.321 e. The van der Waals surface area contributed by atoms with Gasteiger partial charge in [-0.2, -0.15) is 0 Å². The highest BCUT2D eigenvalue weighted by atomic mass is 79.9. The molecule has 29 heavy (non-hydrogen) atoms. The van der Waals surface area contributed by atoms with E-state index < -0.39 is 10.0 Å². The molecule has 0 saturated heterocycles. The predicted octanol–water partition coefficient (Wildman–Crippen LogP) is 4.76. The maximum Gasteiger partial charge on any atom is 0.264 e. The first kappa shape index (κ1) is 19.7. The number of rotatable bonds is 4. The van der Waals surface area contributed by atoms with Gasteiger partial charge in [-0.05, 0) is 76.8 Å². The predicted molar refractivity (Wildman–Crippen MR) is 118 cm³/mol. The largest absolute Gasteiger partial charge is 0.321 e. The standard InChI is InChI=1S/C22H19BrN2O3S/c1-15-9-10-20(19(23)13-15)24-22(26)17-6-4-7-18(14-17)29(27,28)25-12-11-16-5-2-3-8-21(16)25/h2-10,13-14H,11-12H2,1H3,(H,24,26). The SMILES string of the molecule is Cc1ccc(NC(=O)c2cccc(S(=O)(=O)N3CCc4ccccc43)c2)c(Br)c1. The van der Waals surface area contributed by atoms with E-state index in [-0.39, 0.29) is 16.4 Å². The fourth-order valence-corrected chi connectivity index (χ4v) is 5.54. The van der Waals surface area contributed by atoms with Crippen molar-refractivity contribution in [2.24, 2.45) is 0 Å². The van der Waals surface area contributed by atoms with Crippen LogP contribution in [0, 0.1) is 6.92 Å². The molecule has 0 fully saturated rings. The molecule has 4 rings (SSSR count). The number of aryl methyl sites for hydroxylation is 1. The molecular weight excluding hydrogens is 452 g/mol. The lowest BCUT2D eigenvalue weighted by Gasteiger charge is -2.20. The smallest absolute Gasteiger partial charge is 0.264 e. The molecule has 0 aromatic heterocycles. The molecule has 1 heterocycles. The molecular formula is C22H19BrN2O3S. The van der Waals surface area contributed by atoms with E-state index in [0.29, 0.717) is 24.3 Å². The van der Waals surface area contributed by atoms with Crippen LogP contribution in [0.25, 0.3) is 0 Å². The van der Waals surface area contributed by atoms with Gasteiger partial charge < -0.3 is 5.32 Å². The number of fused-ring (bicyclic) bond motifs is 1. The maximum absolute atomic E-state index is 13.2. The summed E-state index contributed by atoms with van der Waals surface area (Å²) in [6, 6.07) is 19.2. The Morgan fingerprint density at radius 3 is 2.62 bits per heavy atom. The van der Waals surface area contributed by atoms with E-state index in [0.717, 1.165) is 15.6 Å². The summed E-state index contributed by atoms with van der Waals surface area (Å²) in [6.45, 7) is 2.36. The summed E-state index contributed by atoms with van der Waals surface area (Å²) in [6.07, 6.45) is 0.678. The van der Waals surface area contributed by atoms with Crippen LogP contribution in [0.5, 0.6) is 0 Å². The Bertz CT molecular complexity index is 1210. The molecule has 3 aromatic rings. The number of hydrogen-bond acceptors (Lipinski definition) is 3. The summed E-state index contributed by atoms with van der Waals surface area (Å²) in [5.74, 6) is -0.367. The van der Waals surface area contributed by atoms with Crippen molar-refractivity contribution in [1.82, 2.24) is 0 Å². The third-order valence-corrected chi connectivity index (χ3v) is 7.37. The molecule has 0 bridgehead atoms. The van der Waals surface area contributed by atoms with Gasteiger partial charge >= 0.3 is 0 Å². The molecule has 1 N–H and O–H groups in total. The van der Waals surface area contributed by atoms with Crippen LogP contribution in [0.3, 0.4) is 0 Å². The average Bonchev–Trinajstić information content (AvgIpc) is 3.15. The number of anilines is 2.